The third-order valence-corrected chi connectivity index (χ3v) is 5.03. The van der Waals surface area contributed by atoms with Gasteiger partial charge in [-0.1, -0.05) is 60.7 Å². The molecule has 142 valence electrons. The molecule has 0 atom stereocenters. The number of carbonyl (C=O) groups excluding carboxylic acids is 1. The fourth-order valence-electron chi connectivity index (χ4n) is 3.46. The Balaban J connectivity index is 1.39. The molecule has 0 saturated carbocycles. The molecule has 3 aromatic rings. The second kappa shape index (κ2) is 8.19. The van der Waals surface area contributed by atoms with Crippen LogP contribution in [0.5, 0.6) is 0 Å². The van der Waals surface area contributed by atoms with Crippen LogP contribution in [-0.2, 0) is 0 Å². The van der Waals surface area contributed by atoms with Crippen LogP contribution in [0.2, 0.25) is 0 Å². The molecule has 1 fully saturated rings. The number of aromatic amines is 1. The number of carbonyl (C=O) groups is 1. The van der Waals surface area contributed by atoms with Gasteiger partial charge in [0.2, 0.25) is 0 Å². The van der Waals surface area contributed by atoms with Gasteiger partial charge in [-0.25, -0.2) is 5.10 Å². The molecule has 0 aliphatic carbocycles. The lowest BCUT2D eigenvalue weighted by atomic mass is 10.1. The van der Waals surface area contributed by atoms with Crippen molar-refractivity contribution < 1.29 is 4.79 Å². The van der Waals surface area contributed by atoms with Gasteiger partial charge < -0.3 is 4.90 Å². The van der Waals surface area contributed by atoms with E-state index in [0.717, 1.165) is 19.6 Å². The van der Waals surface area contributed by atoms with E-state index in [2.05, 4.69) is 39.4 Å². The number of hydrogen-bond donors (Lipinski definition) is 1. The topological polar surface area (TPSA) is 69.3 Å². The predicted molar refractivity (Wildman–Crippen MR) is 110 cm³/mol. The van der Waals surface area contributed by atoms with Crippen LogP contribution in [0.3, 0.4) is 0 Å². The first-order valence-electron chi connectivity index (χ1n) is 9.43. The van der Waals surface area contributed by atoms with Gasteiger partial charge in [0.1, 0.15) is 0 Å². The van der Waals surface area contributed by atoms with E-state index >= 15 is 0 Å². The molecule has 0 bridgehead atoms. The highest BCUT2D eigenvalue weighted by Crippen LogP contribution is 2.15. The first kappa shape index (κ1) is 18.1. The van der Waals surface area contributed by atoms with Gasteiger partial charge >= 0.3 is 0 Å². The highest BCUT2D eigenvalue weighted by Gasteiger charge is 2.24. The molecule has 6 nitrogen and oxygen atoms in total. The van der Waals surface area contributed by atoms with Crippen molar-refractivity contribution in [3.8, 4) is 0 Å². The van der Waals surface area contributed by atoms with E-state index in [-0.39, 0.29) is 11.5 Å². The Kier molecular flexibility index (Phi) is 5.30. The van der Waals surface area contributed by atoms with Crippen LogP contribution in [0.4, 0.5) is 0 Å². The minimum absolute atomic E-state index is 0.132. The van der Waals surface area contributed by atoms with E-state index in [9.17, 15) is 9.59 Å². The maximum Gasteiger partial charge on any atom is 0.275 e. The largest absolute Gasteiger partial charge is 0.335 e. The molecule has 1 N–H and O–H groups in total. The Morgan fingerprint density at radius 3 is 2.39 bits per heavy atom. The Hall–Kier alpha value is -3.25. The number of piperazine rings is 1. The van der Waals surface area contributed by atoms with Crippen molar-refractivity contribution in [3.63, 3.8) is 0 Å². The van der Waals surface area contributed by atoms with E-state index in [1.54, 1.807) is 18.2 Å². The number of aromatic nitrogens is 2. The molecule has 1 saturated heterocycles. The molecular formula is C22H22N4O2. The van der Waals surface area contributed by atoms with Crippen LogP contribution >= 0.6 is 0 Å². The number of nitrogens with zero attached hydrogens (tertiary/aromatic N) is 3. The maximum absolute atomic E-state index is 12.9. The van der Waals surface area contributed by atoms with Crippen LogP contribution < -0.4 is 5.56 Å². The minimum atomic E-state index is -0.276. The summed E-state index contributed by atoms with van der Waals surface area (Å²) in [6.07, 6.45) is 4.28. The summed E-state index contributed by atoms with van der Waals surface area (Å²) in [7, 11) is 0. The Morgan fingerprint density at radius 2 is 1.64 bits per heavy atom. The summed E-state index contributed by atoms with van der Waals surface area (Å²) in [6, 6.07) is 17.3. The third-order valence-electron chi connectivity index (χ3n) is 5.03. The Morgan fingerprint density at radius 1 is 0.964 bits per heavy atom. The standard InChI is InChI=1S/C22H22N4O2/c27-21-19-11-5-4-10-18(19)20(23-24-21)22(28)26-15-13-25(14-16-26)12-6-9-17-7-2-1-3-8-17/h1-11H,12-16H2,(H,24,27). The summed E-state index contributed by atoms with van der Waals surface area (Å²) in [5, 5.41) is 7.57. The monoisotopic (exact) mass is 374 g/mol. The number of rotatable bonds is 4. The van der Waals surface area contributed by atoms with Gasteiger partial charge in [0.15, 0.2) is 5.69 Å². The normalized spacial score (nSPS) is 15.4. The molecule has 1 aliphatic heterocycles. The average molecular weight is 374 g/mol. The van der Waals surface area contributed by atoms with Gasteiger partial charge in [0.05, 0.1) is 5.39 Å². The fraction of sp³-hybridized carbons (Fsp3) is 0.227. The highest BCUT2D eigenvalue weighted by molar-refractivity contribution is 6.04. The number of amides is 1. The second-order valence-electron chi connectivity index (χ2n) is 6.85. The molecule has 1 amide bonds. The summed E-state index contributed by atoms with van der Waals surface area (Å²) in [6.45, 7) is 3.77. The minimum Gasteiger partial charge on any atom is -0.335 e. The molecule has 0 spiro atoms. The molecular weight excluding hydrogens is 352 g/mol. The summed E-state index contributed by atoms with van der Waals surface area (Å²) in [4.78, 5) is 29.0. The van der Waals surface area contributed by atoms with Gasteiger partial charge in [-0.15, -0.1) is 0 Å². The van der Waals surface area contributed by atoms with Crippen LogP contribution in [0.1, 0.15) is 16.1 Å². The molecule has 4 rings (SSSR count). The van der Waals surface area contributed by atoms with Crippen LogP contribution in [0.15, 0.2) is 65.5 Å². The number of H-pyrrole nitrogens is 1. The molecule has 2 aromatic carbocycles. The fourth-order valence-corrected chi connectivity index (χ4v) is 3.46. The maximum atomic E-state index is 12.9. The lowest BCUT2D eigenvalue weighted by Gasteiger charge is -2.34. The molecule has 1 aromatic heterocycles. The van der Waals surface area contributed by atoms with Gasteiger partial charge in [0.25, 0.3) is 11.5 Å². The Bertz CT molecular complexity index is 1050. The summed E-state index contributed by atoms with van der Waals surface area (Å²) >= 11 is 0. The van der Waals surface area contributed by atoms with Crippen LogP contribution in [0, 0.1) is 0 Å². The summed E-state index contributed by atoms with van der Waals surface area (Å²) in [5.41, 5.74) is 1.22. The molecule has 0 unspecified atom stereocenters. The van der Waals surface area contributed by atoms with Gasteiger partial charge in [-0.05, 0) is 11.6 Å². The highest BCUT2D eigenvalue weighted by atomic mass is 16.2. The van der Waals surface area contributed by atoms with E-state index < -0.39 is 0 Å². The quantitative estimate of drug-likeness (QED) is 0.761. The average Bonchev–Trinajstić information content (AvgIpc) is 2.75. The zero-order chi connectivity index (χ0) is 19.3. The van der Waals surface area contributed by atoms with Crippen molar-refractivity contribution in [3.05, 3.63) is 82.3 Å². The van der Waals surface area contributed by atoms with Gasteiger partial charge in [-0.3, -0.25) is 14.5 Å². The van der Waals surface area contributed by atoms with Crippen LogP contribution in [-0.4, -0.2) is 58.6 Å². The Labute approximate surface area is 163 Å². The first-order chi connectivity index (χ1) is 13.7. The zero-order valence-corrected chi connectivity index (χ0v) is 15.5. The summed E-state index contributed by atoms with van der Waals surface area (Å²) in [5.74, 6) is -0.132. The van der Waals surface area contributed by atoms with E-state index in [0.29, 0.717) is 29.6 Å². The van der Waals surface area contributed by atoms with Crippen molar-refractivity contribution in [1.82, 2.24) is 20.0 Å². The SMILES string of the molecule is O=C(c1n[nH]c(=O)c2ccccc12)N1CCN(CC=Cc2ccccc2)CC1. The van der Waals surface area contributed by atoms with Gasteiger partial charge in [0, 0.05) is 38.1 Å². The molecule has 0 radical (unpaired) electrons. The number of hydrogen-bond acceptors (Lipinski definition) is 4. The van der Waals surface area contributed by atoms with E-state index in [1.807, 2.05) is 29.2 Å². The van der Waals surface area contributed by atoms with Gasteiger partial charge in [-0.2, -0.15) is 5.10 Å². The predicted octanol–water partition coefficient (Wildman–Crippen LogP) is 2.39. The molecule has 28 heavy (non-hydrogen) atoms. The lowest BCUT2D eigenvalue weighted by Crippen LogP contribution is -2.48. The third kappa shape index (κ3) is 3.87. The number of benzene rings is 2. The van der Waals surface area contributed by atoms with Crippen LogP contribution in [0.25, 0.3) is 16.8 Å². The number of fused-ring (bicyclic) bond motifs is 1. The van der Waals surface area contributed by atoms with E-state index in [4.69, 9.17) is 0 Å². The number of nitrogens with one attached hydrogen (secondary N) is 1. The summed E-state index contributed by atoms with van der Waals surface area (Å²) < 4.78 is 0. The molecule has 6 heteroatoms. The van der Waals surface area contributed by atoms with Crippen molar-refractivity contribution in [1.29, 1.82) is 0 Å². The van der Waals surface area contributed by atoms with Crippen molar-refractivity contribution >= 4 is 22.8 Å². The van der Waals surface area contributed by atoms with Crippen molar-refractivity contribution in [2.45, 2.75) is 0 Å². The smallest absolute Gasteiger partial charge is 0.275 e. The molecule has 2 heterocycles. The molecule has 1 aliphatic rings. The second-order valence-corrected chi connectivity index (χ2v) is 6.85. The van der Waals surface area contributed by atoms with E-state index in [1.165, 1.54) is 5.56 Å². The van der Waals surface area contributed by atoms with Crippen molar-refractivity contribution in [2.75, 3.05) is 32.7 Å². The van der Waals surface area contributed by atoms with Crippen molar-refractivity contribution in [2.24, 2.45) is 0 Å². The lowest BCUT2D eigenvalue weighted by molar-refractivity contribution is 0.0645. The first-order valence-corrected chi connectivity index (χ1v) is 9.43. The zero-order valence-electron chi connectivity index (χ0n) is 15.5.